The van der Waals surface area contributed by atoms with Gasteiger partial charge < -0.3 is 15.2 Å². The average molecular weight is 215 g/mol. The van der Waals surface area contributed by atoms with Gasteiger partial charge in [-0.3, -0.25) is 4.79 Å². The molecule has 86 valence electrons. The van der Waals surface area contributed by atoms with Crippen LogP contribution in [0.4, 0.5) is 0 Å². The third-order valence-corrected chi connectivity index (χ3v) is 2.54. The Kier molecular flexibility index (Phi) is 4.08. The van der Waals surface area contributed by atoms with Gasteiger partial charge in [-0.1, -0.05) is 6.42 Å². The summed E-state index contributed by atoms with van der Waals surface area (Å²) in [6, 6.07) is 0. The zero-order valence-electron chi connectivity index (χ0n) is 8.91. The highest BCUT2D eigenvalue weighted by Gasteiger charge is 2.34. The number of ether oxygens (including phenoxy) is 1. The molecule has 1 aliphatic rings. The normalized spacial score (nSPS) is 19.5. The molecule has 0 aromatic rings. The van der Waals surface area contributed by atoms with Crippen LogP contribution in [0.2, 0.25) is 0 Å². The molecule has 1 rings (SSSR count). The van der Waals surface area contributed by atoms with E-state index < -0.39 is 11.7 Å². The summed E-state index contributed by atoms with van der Waals surface area (Å²) in [5, 5.41) is 11.3. The highest BCUT2D eigenvalue weighted by atomic mass is 16.5. The van der Waals surface area contributed by atoms with Gasteiger partial charge in [0.1, 0.15) is 12.3 Å². The number of carboxylic acids is 1. The quantitative estimate of drug-likeness (QED) is 0.683. The van der Waals surface area contributed by atoms with Crippen molar-refractivity contribution in [3.05, 3.63) is 0 Å². The lowest BCUT2D eigenvalue weighted by atomic mass is 9.91. The first-order valence-electron chi connectivity index (χ1n) is 5.19. The Balaban J connectivity index is 2.57. The van der Waals surface area contributed by atoms with Gasteiger partial charge in [-0.2, -0.15) is 0 Å². The molecule has 15 heavy (non-hydrogen) atoms. The molecule has 0 unspecified atom stereocenters. The van der Waals surface area contributed by atoms with Crippen LogP contribution in [-0.4, -0.2) is 29.3 Å². The van der Waals surface area contributed by atoms with E-state index in [1.165, 1.54) is 6.92 Å². The molecule has 1 amide bonds. The fourth-order valence-corrected chi connectivity index (χ4v) is 1.95. The van der Waals surface area contributed by atoms with E-state index in [9.17, 15) is 9.59 Å². The summed E-state index contributed by atoms with van der Waals surface area (Å²) in [5.41, 5.74) is -0.748. The molecule has 0 radical (unpaired) electrons. The Labute approximate surface area is 88.8 Å². The van der Waals surface area contributed by atoms with Gasteiger partial charge in [0, 0.05) is 6.92 Å². The number of carboxylic acid groups (broad SMARTS) is 1. The Morgan fingerprint density at radius 3 is 2.40 bits per heavy atom. The van der Waals surface area contributed by atoms with Crippen molar-refractivity contribution in [2.24, 2.45) is 0 Å². The average Bonchev–Trinajstić information content (AvgIpc) is 2.15. The van der Waals surface area contributed by atoms with E-state index in [1.54, 1.807) is 0 Å². The maximum absolute atomic E-state index is 11.0. The van der Waals surface area contributed by atoms with Crippen molar-refractivity contribution in [2.45, 2.75) is 44.8 Å². The standard InChI is InChI=1S/C10H17NO4/c1-8(12)11-10(15-7-9(13)14)5-3-2-4-6-10/h2-7H2,1H3,(H,11,12)(H,13,14). The predicted octanol–water partition coefficient (Wildman–Crippen LogP) is 0.884. The van der Waals surface area contributed by atoms with Gasteiger partial charge in [0.25, 0.3) is 0 Å². The first-order chi connectivity index (χ1) is 7.04. The lowest BCUT2D eigenvalue weighted by molar-refractivity contribution is -0.160. The molecule has 0 aromatic heterocycles. The molecule has 5 heteroatoms. The van der Waals surface area contributed by atoms with Crippen molar-refractivity contribution in [1.82, 2.24) is 5.32 Å². The number of aliphatic carboxylic acids is 1. The van der Waals surface area contributed by atoms with Gasteiger partial charge >= 0.3 is 5.97 Å². The molecule has 0 atom stereocenters. The molecule has 0 aliphatic heterocycles. The molecule has 0 saturated heterocycles. The third kappa shape index (κ3) is 3.87. The van der Waals surface area contributed by atoms with Crippen LogP contribution >= 0.6 is 0 Å². The van der Waals surface area contributed by atoms with Crippen LogP contribution in [-0.2, 0) is 14.3 Å². The van der Waals surface area contributed by atoms with Crippen LogP contribution in [0.5, 0.6) is 0 Å². The van der Waals surface area contributed by atoms with Gasteiger partial charge in [0.2, 0.25) is 5.91 Å². The molecule has 0 heterocycles. The molecular weight excluding hydrogens is 198 g/mol. The number of nitrogens with one attached hydrogen (secondary N) is 1. The van der Waals surface area contributed by atoms with E-state index in [-0.39, 0.29) is 12.5 Å². The van der Waals surface area contributed by atoms with Gasteiger partial charge in [-0.15, -0.1) is 0 Å². The maximum Gasteiger partial charge on any atom is 0.329 e. The number of carbonyl (C=O) groups is 2. The van der Waals surface area contributed by atoms with Crippen molar-refractivity contribution in [3.8, 4) is 0 Å². The second-order valence-electron chi connectivity index (χ2n) is 3.92. The molecule has 2 N–H and O–H groups in total. The topological polar surface area (TPSA) is 75.6 Å². The molecule has 0 bridgehead atoms. The lowest BCUT2D eigenvalue weighted by Crippen LogP contribution is -2.51. The monoisotopic (exact) mass is 215 g/mol. The van der Waals surface area contributed by atoms with Crippen LogP contribution in [0, 0.1) is 0 Å². The minimum atomic E-state index is -1.01. The largest absolute Gasteiger partial charge is 0.480 e. The van der Waals surface area contributed by atoms with Crippen LogP contribution in [0.25, 0.3) is 0 Å². The van der Waals surface area contributed by atoms with Crippen molar-refractivity contribution in [1.29, 1.82) is 0 Å². The molecule has 0 aromatic carbocycles. The number of hydrogen-bond acceptors (Lipinski definition) is 3. The summed E-state index contributed by atoms with van der Waals surface area (Å²) in [6.45, 7) is 1.06. The SMILES string of the molecule is CC(=O)NC1(OCC(=O)O)CCCCC1. The van der Waals surface area contributed by atoms with Crippen molar-refractivity contribution in [2.75, 3.05) is 6.61 Å². The molecule has 0 spiro atoms. The molecule has 1 aliphatic carbocycles. The summed E-state index contributed by atoms with van der Waals surface area (Å²) < 4.78 is 5.31. The summed E-state index contributed by atoms with van der Waals surface area (Å²) >= 11 is 0. The Morgan fingerprint density at radius 2 is 1.93 bits per heavy atom. The highest BCUT2D eigenvalue weighted by Crippen LogP contribution is 2.29. The number of amides is 1. The Hall–Kier alpha value is -1.10. The predicted molar refractivity (Wildman–Crippen MR) is 53.2 cm³/mol. The highest BCUT2D eigenvalue weighted by molar-refractivity contribution is 5.73. The minimum Gasteiger partial charge on any atom is -0.480 e. The smallest absolute Gasteiger partial charge is 0.329 e. The summed E-state index contributed by atoms with van der Waals surface area (Å²) in [6.07, 6.45) is 4.41. The van der Waals surface area contributed by atoms with Crippen molar-refractivity contribution < 1.29 is 19.4 Å². The zero-order valence-corrected chi connectivity index (χ0v) is 8.91. The Bertz CT molecular complexity index is 246. The summed E-state index contributed by atoms with van der Waals surface area (Å²) in [5.74, 6) is -1.19. The van der Waals surface area contributed by atoms with Gasteiger partial charge in [-0.05, 0) is 25.7 Å². The lowest BCUT2D eigenvalue weighted by Gasteiger charge is -2.37. The van der Waals surface area contributed by atoms with Gasteiger partial charge in [-0.25, -0.2) is 4.79 Å². The van der Waals surface area contributed by atoms with E-state index in [1.807, 2.05) is 0 Å². The maximum atomic E-state index is 11.0. The molecule has 1 fully saturated rings. The van der Waals surface area contributed by atoms with Crippen LogP contribution in [0.3, 0.4) is 0 Å². The Morgan fingerprint density at radius 1 is 1.33 bits per heavy atom. The number of carbonyl (C=O) groups excluding carboxylic acids is 1. The molecular formula is C10H17NO4. The summed E-state index contributed by atoms with van der Waals surface area (Å²) in [7, 11) is 0. The van der Waals surface area contributed by atoms with Crippen molar-refractivity contribution >= 4 is 11.9 Å². The van der Waals surface area contributed by atoms with E-state index >= 15 is 0 Å². The van der Waals surface area contributed by atoms with E-state index in [2.05, 4.69) is 5.32 Å². The third-order valence-electron chi connectivity index (χ3n) is 2.54. The van der Waals surface area contributed by atoms with Crippen LogP contribution in [0.15, 0.2) is 0 Å². The number of rotatable bonds is 4. The van der Waals surface area contributed by atoms with E-state index in [0.29, 0.717) is 12.8 Å². The van der Waals surface area contributed by atoms with Crippen molar-refractivity contribution in [3.63, 3.8) is 0 Å². The van der Waals surface area contributed by atoms with E-state index in [4.69, 9.17) is 9.84 Å². The first-order valence-corrected chi connectivity index (χ1v) is 5.19. The second kappa shape index (κ2) is 5.11. The van der Waals surface area contributed by atoms with Gasteiger partial charge in [0.15, 0.2) is 0 Å². The van der Waals surface area contributed by atoms with Gasteiger partial charge in [0.05, 0.1) is 0 Å². The second-order valence-corrected chi connectivity index (χ2v) is 3.92. The van der Waals surface area contributed by atoms with Crippen LogP contribution < -0.4 is 5.32 Å². The summed E-state index contributed by atoms with van der Waals surface area (Å²) in [4.78, 5) is 21.5. The fourth-order valence-electron chi connectivity index (χ4n) is 1.95. The first kappa shape index (κ1) is 12.0. The zero-order chi connectivity index (χ0) is 11.3. The minimum absolute atomic E-state index is 0.178. The number of hydrogen-bond donors (Lipinski definition) is 2. The van der Waals surface area contributed by atoms with Crippen LogP contribution in [0.1, 0.15) is 39.0 Å². The molecule has 1 saturated carbocycles. The van der Waals surface area contributed by atoms with E-state index in [0.717, 1.165) is 19.3 Å². The molecule has 5 nitrogen and oxygen atoms in total. The fraction of sp³-hybridized carbons (Fsp3) is 0.800.